The first kappa shape index (κ1) is 20.7. The summed E-state index contributed by atoms with van der Waals surface area (Å²) in [6.07, 6.45) is 0. The number of anilines is 2. The maximum Gasteiger partial charge on any atom is 0.487 e. The molecule has 2 N–H and O–H groups in total. The van der Waals surface area contributed by atoms with E-state index in [0.29, 0.717) is 29.4 Å². The highest BCUT2D eigenvalue weighted by molar-refractivity contribution is 6.20. The Bertz CT molecular complexity index is 1100. The van der Waals surface area contributed by atoms with E-state index in [4.69, 9.17) is 25.6 Å². The van der Waals surface area contributed by atoms with E-state index in [-0.39, 0.29) is 24.0 Å². The third kappa shape index (κ3) is 4.97. The molecular weight excluding hydrogens is 436 g/mol. The van der Waals surface area contributed by atoms with Gasteiger partial charge in [0.05, 0.1) is 5.69 Å². The molecule has 11 heteroatoms. The Kier molecular flexibility index (Phi) is 5.55. The van der Waals surface area contributed by atoms with Crippen molar-refractivity contribution < 1.29 is 32.3 Å². The van der Waals surface area contributed by atoms with Gasteiger partial charge in [-0.2, -0.15) is 0 Å². The number of halogens is 3. The van der Waals surface area contributed by atoms with E-state index in [1.54, 1.807) is 13.0 Å². The van der Waals surface area contributed by atoms with Crippen molar-refractivity contribution >= 4 is 29.1 Å². The number of hydrogen-bond acceptors (Lipinski definition) is 7. The Morgan fingerprint density at radius 2 is 1.94 bits per heavy atom. The monoisotopic (exact) mass is 451 g/mol. The molecule has 3 aromatic rings. The van der Waals surface area contributed by atoms with Crippen molar-refractivity contribution in [2.24, 2.45) is 0 Å². The van der Waals surface area contributed by atoms with Gasteiger partial charge in [0.15, 0.2) is 11.5 Å². The minimum absolute atomic E-state index is 0.148. The van der Waals surface area contributed by atoms with Gasteiger partial charge in [0.2, 0.25) is 12.7 Å². The standard InChI is InChI=1S/C20H16ClF2N3O5/c1-11-17(18(27)25-13-3-5-14(6-4-13)30-20(21,22)23)19(31-26-11)24-9-12-2-7-15-16(8-12)29-10-28-15/h2-8,24H,9-10H2,1H3,(H,25,27). The van der Waals surface area contributed by atoms with E-state index >= 15 is 0 Å². The van der Waals surface area contributed by atoms with E-state index < -0.39 is 11.5 Å². The van der Waals surface area contributed by atoms with Crippen molar-refractivity contribution in [3.05, 3.63) is 59.3 Å². The van der Waals surface area contributed by atoms with Crippen molar-refractivity contribution in [3.63, 3.8) is 0 Å². The van der Waals surface area contributed by atoms with Gasteiger partial charge in [-0.25, -0.2) is 0 Å². The minimum atomic E-state index is -3.82. The van der Waals surface area contributed by atoms with Crippen molar-refractivity contribution in [2.75, 3.05) is 17.4 Å². The highest BCUT2D eigenvalue weighted by Crippen LogP contribution is 2.33. The zero-order valence-electron chi connectivity index (χ0n) is 16.1. The van der Waals surface area contributed by atoms with Crippen LogP contribution < -0.4 is 24.8 Å². The van der Waals surface area contributed by atoms with Crippen LogP contribution in [0.15, 0.2) is 47.0 Å². The third-order valence-corrected chi connectivity index (χ3v) is 4.40. The fourth-order valence-corrected chi connectivity index (χ4v) is 3.01. The number of ether oxygens (including phenoxy) is 3. The molecule has 162 valence electrons. The number of nitrogens with zero attached hydrogens (tertiary/aromatic N) is 1. The molecule has 1 aliphatic heterocycles. The van der Waals surface area contributed by atoms with Gasteiger partial charge in [0.1, 0.15) is 11.3 Å². The van der Waals surface area contributed by atoms with Gasteiger partial charge < -0.3 is 29.4 Å². The number of hydrogen-bond donors (Lipinski definition) is 2. The number of rotatable bonds is 7. The van der Waals surface area contributed by atoms with Crippen LogP contribution in [-0.2, 0) is 6.54 Å². The van der Waals surface area contributed by atoms with E-state index in [1.807, 2.05) is 12.1 Å². The molecule has 0 saturated carbocycles. The zero-order valence-corrected chi connectivity index (χ0v) is 16.8. The molecule has 31 heavy (non-hydrogen) atoms. The Balaban J connectivity index is 1.42. The van der Waals surface area contributed by atoms with E-state index in [0.717, 1.165) is 5.56 Å². The number of nitrogens with one attached hydrogen (secondary N) is 2. The number of aromatic nitrogens is 1. The summed E-state index contributed by atoms with van der Waals surface area (Å²) in [5.41, 5.74) is -1.97. The number of aryl methyl sites for hydroxylation is 1. The summed E-state index contributed by atoms with van der Waals surface area (Å²) in [6, 6.07) is 10.8. The average molecular weight is 452 g/mol. The van der Waals surface area contributed by atoms with E-state index in [2.05, 4.69) is 20.5 Å². The molecule has 1 amide bonds. The number of carbonyl (C=O) groups is 1. The Morgan fingerprint density at radius 3 is 2.68 bits per heavy atom. The summed E-state index contributed by atoms with van der Waals surface area (Å²) in [6.45, 7) is 2.16. The van der Waals surface area contributed by atoms with Crippen molar-refractivity contribution in [2.45, 2.75) is 19.0 Å². The first-order chi connectivity index (χ1) is 14.8. The fourth-order valence-electron chi connectivity index (χ4n) is 2.92. The summed E-state index contributed by atoms with van der Waals surface area (Å²) in [7, 11) is 0. The summed E-state index contributed by atoms with van der Waals surface area (Å²) in [4.78, 5) is 12.7. The normalized spacial score (nSPS) is 12.5. The maximum atomic E-state index is 12.7. The number of amides is 1. The molecule has 8 nitrogen and oxygen atoms in total. The fraction of sp³-hybridized carbons (Fsp3) is 0.200. The smallest absolute Gasteiger partial charge is 0.454 e. The third-order valence-electron chi connectivity index (χ3n) is 4.33. The van der Waals surface area contributed by atoms with Gasteiger partial charge in [-0.05, 0) is 48.9 Å². The van der Waals surface area contributed by atoms with Crippen molar-refractivity contribution in [1.82, 2.24) is 5.16 Å². The van der Waals surface area contributed by atoms with Crippen LogP contribution in [0.5, 0.6) is 17.2 Å². The average Bonchev–Trinajstić information content (AvgIpc) is 3.32. The largest absolute Gasteiger partial charge is 0.487 e. The molecule has 1 aliphatic rings. The lowest BCUT2D eigenvalue weighted by atomic mass is 10.2. The van der Waals surface area contributed by atoms with Crippen molar-refractivity contribution in [3.8, 4) is 17.2 Å². The van der Waals surface area contributed by atoms with Crippen LogP contribution >= 0.6 is 11.6 Å². The second-order valence-electron chi connectivity index (χ2n) is 6.54. The van der Waals surface area contributed by atoms with Crippen LogP contribution in [0.3, 0.4) is 0 Å². The van der Waals surface area contributed by atoms with Gasteiger partial charge in [-0.1, -0.05) is 11.2 Å². The van der Waals surface area contributed by atoms with E-state index in [9.17, 15) is 13.6 Å². The lowest BCUT2D eigenvalue weighted by Crippen LogP contribution is -2.16. The minimum Gasteiger partial charge on any atom is -0.454 e. The van der Waals surface area contributed by atoms with Gasteiger partial charge in [-0.3, -0.25) is 4.79 Å². The molecule has 1 aromatic heterocycles. The molecule has 2 heterocycles. The van der Waals surface area contributed by atoms with Gasteiger partial charge in [0.25, 0.3) is 5.91 Å². The van der Waals surface area contributed by atoms with Crippen LogP contribution in [0.1, 0.15) is 21.6 Å². The Morgan fingerprint density at radius 1 is 1.19 bits per heavy atom. The molecule has 0 spiro atoms. The number of carbonyl (C=O) groups excluding carboxylic acids is 1. The maximum absolute atomic E-state index is 12.7. The summed E-state index contributed by atoms with van der Waals surface area (Å²) < 4.78 is 45.5. The number of fused-ring (bicyclic) bond motifs is 1. The first-order valence-electron chi connectivity index (χ1n) is 9.04. The topological polar surface area (TPSA) is 94.9 Å². The highest BCUT2D eigenvalue weighted by Gasteiger charge is 2.27. The van der Waals surface area contributed by atoms with Crippen LogP contribution in [-0.4, -0.2) is 23.4 Å². The van der Waals surface area contributed by atoms with Crippen LogP contribution in [0.2, 0.25) is 0 Å². The molecule has 0 saturated heterocycles. The summed E-state index contributed by atoms with van der Waals surface area (Å²) in [5.74, 6) is 0.874. The van der Waals surface area contributed by atoms with Crippen LogP contribution in [0, 0.1) is 6.92 Å². The SMILES string of the molecule is Cc1noc(NCc2ccc3c(c2)OCO3)c1C(=O)Nc1ccc(OC(F)(F)Cl)cc1. The molecule has 4 rings (SSSR count). The molecule has 0 atom stereocenters. The molecule has 0 aliphatic carbocycles. The van der Waals surface area contributed by atoms with Gasteiger partial charge in [0, 0.05) is 23.8 Å². The van der Waals surface area contributed by atoms with Gasteiger partial charge >= 0.3 is 5.57 Å². The predicted molar refractivity (Wildman–Crippen MR) is 107 cm³/mol. The molecule has 2 aromatic carbocycles. The predicted octanol–water partition coefficient (Wildman–Crippen LogP) is 4.74. The Labute approximate surface area is 180 Å². The molecule has 0 bridgehead atoms. The summed E-state index contributed by atoms with van der Waals surface area (Å²) in [5, 5.41) is 9.54. The van der Waals surface area contributed by atoms with Crippen molar-refractivity contribution in [1.29, 1.82) is 0 Å². The quantitative estimate of drug-likeness (QED) is 0.501. The lowest BCUT2D eigenvalue weighted by molar-refractivity contribution is -0.0964. The van der Waals surface area contributed by atoms with E-state index in [1.165, 1.54) is 24.3 Å². The number of benzene rings is 2. The molecular formula is C20H16ClF2N3O5. The second kappa shape index (κ2) is 8.31. The Hall–Kier alpha value is -3.53. The second-order valence-corrected chi connectivity index (χ2v) is 6.98. The van der Waals surface area contributed by atoms with Crippen LogP contribution in [0.25, 0.3) is 0 Å². The highest BCUT2D eigenvalue weighted by atomic mass is 35.5. The molecule has 0 fully saturated rings. The van der Waals surface area contributed by atoms with Gasteiger partial charge in [-0.15, -0.1) is 8.78 Å². The molecule has 0 radical (unpaired) electrons. The lowest BCUT2D eigenvalue weighted by Gasteiger charge is -2.11. The van der Waals surface area contributed by atoms with Crippen LogP contribution in [0.4, 0.5) is 20.4 Å². The first-order valence-corrected chi connectivity index (χ1v) is 9.42. The number of alkyl halides is 3. The zero-order chi connectivity index (χ0) is 22.0. The summed E-state index contributed by atoms with van der Waals surface area (Å²) >= 11 is 4.73. The molecule has 0 unspecified atom stereocenters.